The summed E-state index contributed by atoms with van der Waals surface area (Å²) in [6.07, 6.45) is 0. The number of ether oxygens (including phenoxy) is 1. The van der Waals surface area contributed by atoms with Crippen LogP contribution in [0.3, 0.4) is 0 Å². The van der Waals surface area contributed by atoms with Crippen molar-refractivity contribution in [3.63, 3.8) is 0 Å². The molecule has 1 aliphatic rings. The summed E-state index contributed by atoms with van der Waals surface area (Å²) in [6.45, 7) is 1.69. The van der Waals surface area contributed by atoms with Crippen molar-refractivity contribution in [1.82, 2.24) is 9.97 Å². The number of benzene rings is 1. The molecule has 3 aromatic heterocycles. The van der Waals surface area contributed by atoms with E-state index in [0.29, 0.717) is 33.7 Å². The summed E-state index contributed by atoms with van der Waals surface area (Å²) in [5.74, 6) is 0.508. The van der Waals surface area contributed by atoms with Crippen LogP contribution in [-0.4, -0.2) is 9.97 Å². The summed E-state index contributed by atoms with van der Waals surface area (Å²) in [4.78, 5) is 33.4. The van der Waals surface area contributed by atoms with Crippen LogP contribution in [0.4, 0.5) is 0 Å². The van der Waals surface area contributed by atoms with E-state index < -0.39 is 11.5 Å². The lowest BCUT2D eigenvalue weighted by molar-refractivity contribution is 0.419. The lowest BCUT2D eigenvalue weighted by Gasteiger charge is -2.25. The summed E-state index contributed by atoms with van der Waals surface area (Å²) in [5, 5.41) is 2.58. The van der Waals surface area contributed by atoms with E-state index in [0.717, 1.165) is 4.88 Å². The number of thiophene rings is 1. The van der Waals surface area contributed by atoms with E-state index in [2.05, 4.69) is 9.97 Å². The molecule has 4 aromatic rings. The normalized spacial score (nSPS) is 15.3. The molecule has 0 bridgehead atoms. The van der Waals surface area contributed by atoms with Gasteiger partial charge in [-0.05, 0) is 30.5 Å². The Morgan fingerprint density at radius 2 is 1.96 bits per heavy atom. The third-order valence-electron chi connectivity index (χ3n) is 4.44. The Kier molecular flexibility index (Phi) is 3.14. The molecule has 4 heterocycles. The highest BCUT2D eigenvalue weighted by atomic mass is 32.1. The van der Waals surface area contributed by atoms with Crippen LogP contribution in [0.15, 0.2) is 55.8 Å². The molecule has 1 atom stereocenters. The summed E-state index contributed by atoms with van der Waals surface area (Å²) in [5.41, 5.74) is 0.265. The van der Waals surface area contributed by atoms with E-state index >= 15 is 0 Å². The second-order valence-corrected chi connectivity index (χ2v) is 7.03. The minimum absolute atomic E-state index is 0.230. The first-order valence-electron chi connectivity index (χ1n) is 8.01. The second-order valence-electron chi connectivity index (χ2n) is 6.05. The lowest BCUT2D eigenvalue weighted by atomic mass is 9.89. The Labute approximate surface area is 150 Å². The van der Waals surface area contributed by atoms with Crippen molar-refractivity contribution in [3.8, 4) is 11.6 Å². The molecule has 5 rings (SSSR count). The Morgan fingerprint density at radius 1 is 1.12 bits per heavy atom. The number of aryl methyl sites for hydroxylation is 1. The maximum Gasteiger partial charge on any atom is 0.344 e. The molecular weight excluding hydrogens is 352 g/mol. The minimum atomic E-state index is -0.577. The zero-order chi connectivity index (χ0) is 17.8. The molecule has 1 N–H and O–H groups in total. The Balaban J connectivity index is 1.94. The largest absolute Gasteiger partial charge is 0.437 e. The van der Waals surface area contributed by atoms with Gasteiger partial charge in [-0.15, -0.1) is 11.3 Å². The highest BCUT2D eigenvalue weighted by molar-refractivity contribution is 7.10. The van der Waals surface area contributed by atoms with Crippen LogP contribution in [0.25, 0.3) is 11.0 Å². The maximum absolute atomic E-state index is 12.8. The molecule has 0 spiro atoms. The fourth-order valence-corrected chi connectivity index (χ4v) is 4.22. The van der Waals surface area contributed by atoms with Gasteiger partial charge in [0.05, 0.1) is 22.4 Å². The number of rotatable bonds is 1. The average Bonchev–Trinajstić information content (AvgIpc) is 3.14. The van der Waals surface area contributed by atoms with Gasteiger partial charge in [-0.1, -0.05) is 18.2 Å². The monoisotopic (exact) mass is 364 g/mol. The van der Waals surface area contributed by atoms with Crippen LogP contribution in [-0.2, 0) is 0 Å². The number of hydrogen-bond acceptors (Lipinski definition) is 6. The van der Waals surface area contributed by atoms with Crippen LogP contribution in [0.5, 0.6) is 11.6 Å². The van der Waals surface area contributed by atoms with Crippen molar-refractivity contribution >= 4 is 22.3 Å². The Bertz CT molecular complexity index is 1270. The summed E-state index contributed by atoms with van der Waals surface area (Å²) in [7, 11) is 0. The molecule has 0 amide bonds. The van der Waals surface area contributed by atoms with Crippen molar-refractivity contribution in [3.05, 3.63) is 84.4 Å². The SMILES string of the molecule is Cc1nc2c(c(=O)[nH]1)[C@H](c1cccs1)c1c(c3ccccc3oc1=O)O2. The second kappa shape index (κ2) is 5.40. The zero-order valence-corrected chi connectivity index (χ0v) is 14.4. The first kappa shape index (κ1) is 15.1. The molecule has 26 heavy (non-hydrogen) atoms. The number of para-hydroxylation sites is 1. The molecule has 0 saturated carbocycles. The smallest absolute Gasteiger partial charge is 0.344 e. The van der Waals surface area contributed by atoms with E-state index in [1.807, 2.05) is 29.6 Å². The van der Waals surface area contributed by atoms with Crippen LogP contribution in [0.1, 0.15) is 27.7 Å². The Hall–Kier alpha value is -3.19. The summed E-state index contributed by atoms with van der Waals surface area (Å²) in [6, 6.07) is 11.0. The fraction of sp³-hybridized carbons (Fsp3) is 0.105. The van der Waals surface area contributed by atoms with Gasteiger partial charge in [-0.25, -0.2) is 4.79 Å². The van der Waals surface area contributed by atoms with Crippen molar-refractivity contribution < 1.29 is 9.15 Å². The van der Waals surface area contributed by atoms with Gasteiger partial charge in [-0.3, -0.25) is 4.79 Å². The van der Waals surface area contributed by atoms with Gasteiger partial charge < -0.3 is 14.1 Å². The van der Waals surface area contributed by atoms with Gasteiger partial charge in [0, 0.05) is 4.88 Å². The van der Waals surface area contributed by atoms with Crippen LogP contribution >= 0.6 is 11.3 Å². The predicted octanol–water partition coefficient (Wildman–Crippen LogP) is 3.53. The number of fused-ring (bicyclic) bond motifs is 4. The van der Waals surface area contributed by atoms with E-state index in [1.165, 1.54) is 11.3 Å². The minimum Gasteiger partial charge on any atom is -0.437 e. The highest BCUT2D eigenvalue weighted by Gasteiger charge is 2.37. The average molecular weight is 364 g/mol. The molecule has 0 fully saturated rings. The quantitative estimate of drug-likeness (QED) is 0.460. The summed E-state index contributed by atoms with van der Waals surface area (Å²) < 4.78 is 11.5. The van der Waals surface area contributed by atoms with Gasteiger partial charge in [-0.2, -0.15) is 4.98 Å². The van der Waals surface area contributed by atoms with E-state index in [1.54, 1.807) is 19.1 Å². The zero-order valence-electron chi connectivity index (χ0n) is 13.6. The van der Waals surface area contributed by atoms with Crippen molar-refractivity contribution in [2.45, 2.75) is 12.8 Å². The molecule has 0 saturated heterocycles. The molecule has 0 unspecified atom stereocenters. The summed E-state index contributed by atoms with van der Waals surface area (Å²) >= 11 is 1.47. The van der Waals surface area contributed by atoms with Crippen molar-refractivity contribution in [1.29, 1.82) is 0 Å². The van der Waals surface area contributed by atoms with Gasteiger partial charge in [0.1, 0.15) is 11.4 Å². The van der Waals surface area contributed by atoms with Gasteiger partial charge in [0.15, 0.2) is 5.75 Å². The van der Waals surface area contributed by atoms with Gasteiger partial charge >= 0.3 is 5.63 Å². The van der Waals surface area contributed by atoms with Gasteiger partial charge in [0.2, 0.25) is 5.88 Å². The van der Waals surface area contributed by atoms with Crippen molar-refractivity contribution in [2.75, 3.05) is 0 Å². The molecule has 0 aliphatic carbocycles. The molecule has 1 aromatic carbocycles. The van der Waals surface area contributed by atoms with Crippen LogP contribution in [0, 0.1) is 6.92 Å². The molecule has 1 aliphatic heterocycles. The van der Waals surface area contributed by atoms with E-state index in [-0.39, 0.29) is 11.4 Å². The highest BCUT2D eigenvalue weighted by Crippen LogP contribution is 2.47. The fourth-order valence-electron chi connectivity index (χ4n) is 3.38. The standard InChI is InChI=1S/C19H12N2O4S/c1-9-20-17(22)15-13(12-7-4-8-26-12)14-16(25-18(15)21-9)10-5-2-3-6-11(10)24-19(14)23/h2-8,13H,1H3,(H,20,21,22)/t13-/m1/s1. The van der Waals surface area contributed by atoms with E-state index in [9.17, 15) is 9.59 Å². The third-order valence-corrected chi connectivity index (χ3v) is 5.38. The molecule has 7 heteroatoms. The first-order valence-corrected chi connectivity index (χ1v) is 8.89. The van der Waals surface area contributed by atoms with Gasteiger partial charge in [0.25, 0.3) is 5.56 Å². The van der Waals surface area contributed by atoms with Crippen molar-refractivity contribution in [2.24, 2.45) is 0 Å². The molecule has 6 nitrogen and oxygen atoms in total. The van der Waals surface area contributed by atoms with Crippen LogP contribution < -0.4 is 15.9 Å². The first-order chi connectivity index (χ1) is 12.6. The maximum atomic E-state index is 12.8. The Morgan fingerprint density at radius 3 is 2.77 bits per heavy atom. The molecule has 128 valence electrons. The number of H-pyrrole nitrogens is 1. The molecule has 0 radical (unpaired) electrons. The van der Waals surface area contributed by atoms with E-state index in [4.69, 9.17) is 9.15 Å². The number of aromatic nitrogens is 2. The topological polar surface area (TPSA) is 85.2 Å². The number of nitrogens with zero attached hydrogens (tertiary/aromatic N) is 1. The predicted molar refractivity (Wildman–Crippen MR) is 97.4 cm³/mol. The lowest BCUT2D eigenvalue weighted by Crippen LogP contribution is -2.28. The number of hydrogen-bond donors (Lipinski definition) is 1. The number of nitrogens with one attached hydrogen (secondary N) is 1. The third kappa shape index (κ3) is 2.07. The molecular formula is C19H12N2O4S. The number of aromatic amines is 1. The van der Waals surface area contributed by atoms with Crippen LogP contribution in [0.2, 0.25) is 0 Å².